The number of imide groups is 1. The Morgan fingerprint density at radius 3 is 2.40 bits per heavy atom. The van der Waals surface area contributed by atoms with Crippen molar-refractivity contribution in [1.82, 2.24) is 9.88 Å². The minimum absolute atomic E-state index is 0.175. The third kappa shape index (κ3) is 4.62. The van der Waals surface area contributed by atoms with Crippen LogP contribution in [0.3, 0.4) is 0 Å². The Bertz CT molecular complexity index is 2320. The lowest BCUT2D eigenvalue weighted by atomic mass is 9.89. The number of carbonyl (C=O) groups excluding carboxylic acids is 4. The number of benzene rings is 5. The molecular formula is C39H30N4O5. The number of nitrogens with one attached hydrogen (secondary N) is 2. The van der Waals surface area contributed by atoms with Gasteiger partial charge < -0.3 is 19.9 Å². The van der Waals surface area contributed by atoms with Crippen LogP contribution in [0.1, 0.15) is 60.9 Å². The second-order valence-electron chi connectivity index (χ2n) is 12.1. The molecular weight excluding hydrogens is 604 g/mol. The van der Waals surface area contributed by atoms with Gasteiger partial charge in [-0.3, -0.25) is 19.2 Å². The molecule has 9 nitrogen and oxygen atoms in total. The van der Waals surface area contributed by atoms with E-state index in [0.29, 0.717) is 29.9 Å². The van der Waals surface area contributed by atoms with Crippen LogP contribution in [-0.4, -0.2) is 47.2 Å². The maximum absolute atomic E-state index is 14.6. The lowest BCUT2D eigenvalue weighted by Crippen LogP contribution is -2.40. The summed E-state index contributed by atoms with van der Waals surface area (Å²) in [6.45, 7) is 1.85. The Morgan fingerprint density at radius 2 is 1.60 bits per heavy atom. The van der Waals surface area contributed by atoms with Gasteiger partial charge in [0.05, 0.1) is 30.0 Å². The van der Waals surface area contributed by atoms with Crippen molar-refractivity contribution in [3.63, 3.8) is 0 Å². The molecule has 4 amide bonds. The van der Waals surface area contributed by atoms with Gasteiger partial charge in [-0.15, -0.1) is 0 Å². The van der Waals surface area contributed by atoms with E-state index in [2.05, 4.69) is 34.6 Å². The molecule has 0 spiro atoms. The maximum Gasteiger partial charge on any atom is 0.266 e. The first-order valence-corrected chi connectivity index (χ1v) is 15.7. The van der Waals surface area contributed by atoms with Crippen molar-refractivity contribution in [3.05, 3.63) is 137 Å². The molecule has 0 radical (unpaired) electrons. The van der Waals surface area contributed by atoms with Crippen molar-refractivity contribution in [1.29, 1.82) is 0 Å². The Labute approximate surface area is 275 Å². The molecule has 5 aromatic carbocycles. The van der Waals surface area contributed by atoms with Crippen molar-refractivity contribution in [2.24, 2.45) is 0 Å². The number of methoxy groups -OCH3 is 1. The van der Waals surface area contributed by atoms with Crippen molar-refractivity contribution in [2.45, 2.75) is 19.4 Å². The number of hydrogen-bond donors (Lipinski definition) is 2. The van der Waals surface area contributed by atoms with Crippen molar-refractivity contribution >= 4 is 56.7 Å². The predicted octanol–water partition coefficient (Wildman–Crippen LogP) is 6.88. The van der Waals surface area contributed by atoms with E-state index in [1.807, 2.05) is 41.3 Å². The highest BCUT2D eigenvalue weighted by atomic mass is 16.5. The second-order valence-corrected chi connectivity index (χ2v) is 12.1. The zero-order chi connectivity index (χ0) is 33.1. The second kappa shape index (κ2) is 11.2. The fraction of sp³-hybridized carbons (Fsp3) is 0.128. The maximum atomic E-state index is 14.6. The summed E-state index contributed by atoms with van der Waals surface area (Å²) in [5.41, 5.74) is 5.69. The molecule has 6 aromatic rings. The molecule has 8 rings (SSSR count). The van der Waals surface area contributed by atoms with Crippen LogP contribution in [-0.2, 0) is 11.2 Å². The predicted molar refractivity (Wildman–Crippen MR) is 184 cm³/mol. The van der Waals surface area contributed by atoms with Gasteiger partial charge in [-0.2, -0.15) is 0 Å². The topological polar surface area (TPSA) is 112 Å². The van der Waals surface area contributed by atoms with Gasteiger partial charge in [-0.25, -0.2) is 4.90 Å². The molecule has 3 heterocycles. The Balaban J connectivity index is 1.19. The number of carbonyl (C=O) groups is 4. The number of fused-ring (bicyclic) bond motifs is 5. The summed E-state index contributed by atoms with van der Waals surface area (Å²) in [7, 11) is 1.65. The fourth-order valence-corrected chi connectivity index (χ4v) is 7.10. The standard InChI is InChI=1S/C39H30N4O5/c1-22(44)40-25-11-13-26(14-12-25)43-38(46)31-16-10-24(20-33(31)39(43)47)37(45)42-19-18-29-32-21-27(48-2)15-17-34(32)41-35(29)36(42)30-9-5-7-23-6-3-4-8-28(23)30/h3-17,20-21,36,41H,18-19H2,1-2H3,(H,40,44). The number of aromatic nitrogens is 1. The van der Waals surface area contributed by atoms with E-state index >= 15 is 0 Å². The number of ether oxygens (including phenoxy) is 1. The van der Waals surface area contributed by atoms with Crippen LogP contribution in [0.5, 0.6) is 5.75 Å². The number of hydrogen-bond acceptors (Lipinski definition) is 5. The summed E-state index contributed by atoms with van der Waals surface area (Å²) in [4.78, 5) is 59.6. The first-order chi connectivity index (χ1) is 23.3. The molecule has 0 saturated carbocycles. The van der Waals surface area contributed by atoms with Gasteiger partial charge in [0.25, 0.3) is 17.7 Å². The molecule has 2 aliphatic heterocycles. The van der Waals surface area contributed by atoms with Gasteiger partial charge in [0.2, 0.25) is 5.91 Å². The van der Waals surface area contributed by atoms with Crippen LogP contribution < -0.4 is 15.0 Å². The van der Waals surface area contributed by atoms with Crippen molar-refractivity contribution in [2.75, 3.05) is 23.9 Å². The highest BCUT2D eigenvalue weighted by Crippen LogP contribution is 2.42. The van der Waals surface area contributed by atoms with Crippen LogP contribution >= 0.6 is 0 Å². The first-order valence-electron chi connectivity index (χ1n) is 15.7. The largest absolute Gasteiger partial charge is 0.497 e. The van der Waals surface area contributed by atoms with E-state index in [0.717, 1.165) is 49.1 Å². The van der Waals surface area contributed by atoms with Crippen LogP contribution in [0.4, 0.5) is 11.4 Å². The zero-order valence-corrected chi connectivity index (χ0v) is 26.2. The lowest BCUT2D eigenvalue weighted by Gasteiger charge is -2.37. The first kappa shape index (κ1) is 29.2. The van der Waals surface area contributed by atoms with E-state index in [4.69, 9.17) is 4.74 Å². The highest BCUT2D eigenvalue weighted by molar-refractivity contribution is 6.34. The summed E-state index contributed by atoms with van der Waals surface area (Å²) in [6, 6.07) is 31.0. The van der Waals surface area contributed by atoms with Gasteiger partial charge >= 0.3 is 0 Å². The number of amides is 4. The van der Waals surface area contributed by atoms with Gasteiger partial charge in [0.1, 0.15) is 5.75 Å². The van der Waals surface area contributed by atoms with Gasteiger partial charge in [-0.1, -0.05) is 42.5 Å². The number of rotatable bonds is 5. The smallest absolute Gasteiger partial charge is 0.266 e. The molecule has 0 aliphatic carbocycles. The molecule has 9 heteroatoms. The third-order valence-corrected chi connectivity index (χ3v) is 9.29. The summed E-state index contributed by atoms with van der Waals surface area (Å²) in [5.74, 6) is -0.673. The Morgan fingerprint density at radius 1 is 0.833 bits per heavy atom. The van der Waals surface area contributed by atoms with E-state index in [-0.39, 0.29) is 22.9 Å². The molecule has 1 unspecified atom stereocenters. The van der Waals surface area contributed by atoms with E-state index in [9.17, 15) is 19.2 Å². The van der Waals surface area contributed by atoms with E-state index < -0.39 is 17.9 Å². The molecule has 0 bridgehead atoms. The molecule has 0 fully saturated rings. The summed E-state index contributed by atoms with van der Waals surface area (Å²) in [5, 5.41) is 5.86. The fourth-order valence-electron chi connectivity index (χ4n) is 7.10. The highest BCUT2D eigenvalue weighted by Gasteiger charge is 2.39. The lowest BCUT2D eigenvalue weighted by molar-refractivity contribution is -0.114. The Kier molecular flexibility index (Phi) is 6.84. The molecule has 0 saturated heterocycles. The Hall–Kier alpha value is -6.22. The average Bonchev–Trinajstić information content (AvgIpc) is 3.60. The minimum atomic E-state index is -0.506. The number of aromatic amines is 1. The molecule has 2 aliphatic rings. The monoisotopic (exact) mass is 634 g/mol. The van der Waals surface area contributed by atoms with Crippen LogP contribution in [0.15, 0.2) is 103 Å². The van der Waals surface area contributed by atoms with E-state index in [1.165, 1.54) is 13.0 Å². The molecule has 236 valence electrons. The van der Waals surface area contributed by atoms with Crippen LogP contribution in [0, 0.1) is 0 Å². The molecule has 1 atom stereocenters. The average molecular weight is 635 g/mol. The number of H-pyrrole nitrogens is 1. The van der Waals surface area contributed by atoms with Gasteiger partial charge in [-0.05, 0) is 89.0 Å². The minimum Gasteiger partial charge on any atom is -0.497 e. The summed E-state index contributed by atoms with van der Waals surface area (Å²) >= 11 is 0. The molecule has 1 aromatic heterocycles. The van der Waals surface area contributed by atoms with Crippen molar-refractivity contribution in [3.8, 4) is 5.75 Å². The normalized spacial score (nSPS) is 15.5. The molecule has 48 heavy (non-hydrogen) atoms. The van der Waals surface area contributed by atoms with Gasteiger partial charge in [0.15, 0.2) is 0 Å². The number of anilines is 2. The van der Waals surface area contributed by atoms with E-state index in [1.54, 1.807) is 43.5 Å². The third-order valence-electron chi connectivity index (χ3n) is 9.29. The number of nitrogens with zero attached hydrogens (tertiary/aromatic N) is 2. The van der Waals surface area contributed by atoms with Crippen LogP contribution in [0.25, 0.3) is 21.7 Å². The zero-order valence-electron chi connectivity index (χ0n) is 26.2. The molecule has 2 N–H and O–H groups in total. The quantitative estimate of drug-likeness (QED) is 0.201. The van der Waals surface area contributed by atoms with Gasteiger partial charge in [0, 0.05) is 41.3 Å². The summed E-state index contributed by atoms with van der Waals surface area (Å²) < 4.78 is 5.53. The van der Waals surface area contributed by atoms with Crippen molar-refractivity contribution < 1.29 is 23.9 Å². The SMILES string of the molecule is COc1ccc2[nH]c3c(c2c1)CCN(C(=O)c1ccc2c(c1)C(=O)N(c1ccc(NC(C)=O)cc1)C2=O)C3c1cccc2ccccc12. The summed E-state index contributed by atoms with van der Waals surface area (Å²) in [6.07, 6.45) is 0.625. The van der Waals surface area contributed by atoms with Crippen LogP contribution in [0.2, 0.25) is 0 Å².